The molecule has 1 amide bonds. The first-order chi connectivity index (χ1) is 8.58. The van der Waals surface area contributed by atoms with Crippen molar-refractivity contribution in [1.29, 1.82) is 0 Å². The number of nitrogens with two attached hydrogens (primary N) is 1. The van der Waals surface area contributed by atoms with E-state index in [1.54, 1.807) is 12.5 Å². The van der Waals surface area contributed by atoms with Crippen LogP contribution < -0.4 is 11.1 Å². The van der Waals surface area contributed by atoms with E-state index in [2.05, 4.69) is 10.3 Å². The highest BCUT2D eigenvalue weighted by Crippen LogP contribution is 2.16. The maximum absolute atomic E-state index is 13.5. The van der Waals surface area contributed by atoms with Crippen LogP contribution in [0.15, 0.2) is 30.7 Å². The zero-order valence-corrected chi connectivity index (χ0v) is 9.85. The molecule has 0 atom stereocenters. The third-order valence-corrected chi connectivity index (χ3v) is 2.63. The second-order valence-corrected chi connectivity index (χ2v) is 3.91. The van der Waals surface area contributed by atoms with Crippen molar-refractivity contribution in [3.8, 4) is 0 Å². The zero-order chi connectivity index (χ0) is 13.1. The Kier molecular flexibility index (Phi) is 3.27. The molecule has 3 N–H and O–H groups in total. The highest BCUT2D eigenvalue weighted by atomic mass is 19.1. The monoisotopic (exact) mass is 248 g/mol. The van der Waals surface area contributed by atoms with Crippen LogP contribution in [0.4, 0.5) is 10.1 Å². The van der Waals surface area contributed by atoms with Gasteiger partial charge in [-0.1, -0.05) is 0 Å². The maximum Gasteiger partial charge on any atom is 0.248 e. The summed E-state index contributed by atoms with van der Waals surface area (Å²) in [5, 5.41) is 2.91. The second-order valence-electron chi connectivity index (χ2n) is 3.91. The van der Waals surface area contributed by atoms with E-state index in [0.29, 0.717) is 6.54 Å². The number of halogens is 1. The summed E-state index contributed by atoms with van der Waals surface area (Å²) in [6.45, 7) is 0.412. The number of anilines is 1. The van der Waals surface area contributed by atoms with Gasteiger partial charge in [-0.15, -0.1) is 0 Å². The molecule has 5 nitrogen and oxygen atoms in total. The number of imidazole rings is 1. The molecule has 1 aromatic carbocycles. The van der Waals surface area contributed by atoms with Gasteiger partial charge >= 0.3 is 0 Å². The van der Waals surface area contributed by atoms with Crippen molar-refractivity contribution < 1.29 is 9.18 Å². The van der Waals surface area contributed by atoms with Crippen LogP contribution in [-0.2, 0) is 13.6 Å². The van der Waals surface area contributed by atoms with Crippen LogP contribution in [0, 0.1) is 5.82 Å². The first-order valence-electron chi connectivity index (χ1n) is 5.36. The van der Waals surface area contributed by atoms with Gasteiger partial charge in [0.1, 0.15) is 5.82 Å². The van der Waals surface area contributed by atoms with Crippen molar-refractivity contribution in [1.82, 2.24) is 9.55 Å². The number of carbonyl (C=O) groups is 1. The van der Waals surface area contributed by atoms with E-state index in [-0.39, 0.29) is 11.3 Å². The van der Waals surface area contributed by atoms with Crippen LogP contribution >= 0.6 is 0 Å². The van der Waals surface area contributed by atoms with Gasteiger partial charge in [0.05, 0.1) is 24.3 Å². The average molecular weight is 248 g/mol. The molecule has 6 heteroatoms. The van der Waals surface area contributed by atoms with E-state index < -0.39 is 11.7 Å². The molecule has 0 aliphatic rings. The van der Waals surface area contributed by atoms with Gasteiger partial charge < -0.3 is 15.6 Å². The minimum Gasteiger partial charge on any atom is -0.377 e. The van der Waals surface area contributed by atoms with Crippen LogP contribution in [0.3, 0.4) is 0 Å². The Morgan fingerprint density at radius 2 is 2.33 bits per heavy atom. The lowest BCUT2D eigenvalue weighted by atomic mass is 10.2. The molecule has 94 valence electrons. The number of aromatic nitrogens is 2. The number of primary amides is 1. The summed E-state index contributed by atoms with van der Waals surface area (Å²) in [6.07, 6.45) is 3.34. The Bertz CT molecular complexity index is 579. The lowest BCUT2D eigenvalue weighted by molar-refractivity contribution is 0.100. The van der Waals surface area contributed by atoms with Crippen LogP contribution in [0.5, 0.6) is 0 Å². The minimum absolute atomic E-state index is 0.243. The maximum atomic E-state index is 13.5. The summed E-state index contributed by atoms with van der Waals surface area (Å²) in [4.78, 5) is 15.0. The van der Waals surface area contributed by atoms with Gasteiger partial charge in [-0.05, 0) is 18.2 Å². The molecule has 0 bridgehead atoms. The van der Waals surface area contributed by atoms with Gasteiger partial charge in [-0.2, -0.15) is 0 Å². The number of nitrogens with one attached hydrogen (secondary N) is 1. The first kappa shape index (κ1) is 12.1. The number of hydrogen-bond acceptors (Lipinski definition) is 3. The summed E-state index contributed by atoms with van der Waals surface area (Å²) in [5.41, 5.74) is 6.56. The molecule has 0 saturated carbocycles. The van der Waals surface area contributed by atoms with Crippen LogP contribution in [0.1, 0.15) is 16.1 Å². The molecule has 0 fully saturated rings. The topological polar surface area (TPSA) is 72.9 Å². The van der Waals surface area contributed by atoms with Gasteiger partial charge in [0.2, 0.25) is 5.91 Å². The molecule has 0 radical (unpaired) electrons. The van der Waals surface area contributed by atoms with E-state index >= 15 is 0 Å². The number of carbonyl (C=O) groups excluding carboxylic acids is 1. The average Bonchev–Trinajstić information content (AvgIpc) is 2.73. The standard InChI is InChI=1S/C12H13FN4O/c1-17-7-15-5-9(17)6-16-11-4-8(12(14)18)2-3-10(11)13/h2-5,7,16H,6H2,1H3,(H2,14,18). The quantitative estimate of drug-likeness (QED) is 0.855. The molecule has 0 saturated heterocycles. The van der Waals surface area contributed by atoms with Crippen LogP contribution in [-0.4, -0.2) is 15.5 Å². The molecule has 2 aromatic rings. The Labute approximate surface area is 103 Å². The van der Waals surface area contributed by atoms with Crippen molar-refractivity contribution in [3.05, 3.63) is 47.8 Å². The third-order valence-electron chi connectivity index (χ3n) is 2.63. The number of nitrogens with zero attached hydrogens (tertiary/aromatic N) is 2. The SMILES string of the molecule is Cn1cncc1CNc1cc(C(N)=O)ccc1F. The van der Waals surface area contributed by atoms with Gasteiger partial charge in [0.25, 0.3) is 0 Å². The number of aryl methyl sites for hydroxylation is 1. The molecular formula is C12H13FN4O. The lowest BCUT2D eigenvalue weighted by Crippen LogP contribution is -2.12. The summed E-state index contributed by atoms with van der Waals surface area (Å²) in [5.74, 6) is -1.01. The molecule has 0 aliphatic carbocycles. The Hall–Kier alpha value is -2.37. The third kappa shape index (κ3) is 2.48. The van der Waals surface area contributed by atoms with Gasteiger partial charge in [0, 0.05) is 18.8 Å². The molecule has 0 unspecified atom stereocenters. The van der Waals surface area contributed by atoms with Gasteiger partial charge in [-0.25, -0.2) is 9.37 Å². The highest BCUT2D eigenvalue weighted by Gasteiger charge is 2.07. The molecule has 2 rings (SSSR count). The van der Waals surface area contributed by atoms with Crippen LogP contribution in [0.25, 0.3) is 0 Å². The van der Waals surface area contributed by atoms with Crippen molar-refractivity contribution in [2.45, 2.75) is 6.54 Å². The zero-order valence-electron chi connectivity index (χ0n) is 9.85. The van der Waals surface area contributed by atoms with Gasteiger partial charge in [0.15, 0.2) is 0 Å². The van der Waals surface area contributed by atoms with E-state index in [4.69, 9.17) is 5.73 Å². The van der Waals surface area contributed by atoms with Crippen molar-refractivity contribution >= 4 is 11.6 Å². The Balaban J connectivity index is 2.16. The first-order valence-corrected chi connectivity index (χ1v) is 5.36. The highest BCUT2D eigenvalue weighted by molar-refractivity contribution is 5.93. The molecule has 0 spiro atoms. The fourth-order valence-electron chi connectivity index (χ4n) is 1.55. The van der Waals surface area contributed by atoms with Crippen molar-refractivity contribution in [3.63, 3.8) is 0 Å². The summed E-state index contributed by atoms with van der Waals surface area (Å²) >= 11 is 0. The number of rotatable bonds is 4. The summed E-state index contributed by atoms with van der Waals surface area (Å²) < 4.78 is 15.3. The predicted octanol–water partition coefficient (Wildman–Crippen LogP) is 1.27. The van der Waals surface area contributed by atoms with Crippen LogP contribution in [0.2, 0.25) is 0 Å². The molecule has 1 heterocycles. The molecule has 0 aliphatic heterocycles. The van der Waals surface area contributed by atoms with Crippen molar-refractivity contribution in [2.75, 3.05) is 5.32 Å². The minimum atomic E-state index is -0.585. The number of hydrogen-bond donors (Lipinski definition) is 2. The number of amides is 1. The predicted molar refractivity (Wildman–Crippen MR) is 65.5 cm³/mol. The van der Waals surface area contributed by atoms with E-state index in [1.807, 2.05) is 11.6 Å². The Morgan fingerprint density at radius 3 is 2.94 bits per heavy atom. The normalized spacial score (nSPS) is 10.3. The fourth-order valence-corrected chi connectivity index (χ4v) is 1.55. The second kappa shape index (κ2) is 4.87. The fraction of sp³-hybridized carbons (Fsp3) is 0.167. The molecule has 18 heavy (non-hydrogen) atoms. The summed E-state index contributed by atoms with van der Waals surface area (Å²) in [7, 11) is 1.85. The largest absolute Gasteiger partial charge is 0.377 e. The summed E-state index contributed by atoms with van der Waals surface area (Å²) in [6, 6.07) is 3.96. The van der Waals surface area contributed by atoms with E-state index in [1.165, 1.54) is 18.2 Å². The van der Waals surface area contributed by atoms with E-state index in [0.717, 1.165) is 5.69 Å². The molecule has 1 aromatic heterocycles. The Morgan fingerprint density at radius 1 is 1.56 bits per heavy atom. The molecular weight excluding hydrogens is 235 g/mol. The smallest absolute Gasteiger partial charge is 0.248 e. The number of benzene rings is 1. The van der Waals surface area contributed by atoms with Gasteiger partial charge in [-0.3, -0.25) is 4.79 Å². The van der Waals surface area contributed by atoms with E-state index in [9.17, 15) is 9.18 Å². The van der Waals surface area contributed by atoms with Crippen molar-refractivity contribution in [2.24, 2.45) is 12.8 Å². The lowest BCUT2D eigenvalue weighted by Gasteiger charge is -2.09.